The fourth-order valence-electron chi connectivity index (χ4n) is 8.19. The largest absolute Gasteiger partial charge is 0.456 e. The van der Waals surface area contributed by atoms with Gasteiger partial charge in [-0.1, -0.05) is 127 Å². The summed E-state index contributed by atoms with van der Waals surface area (Å²) >= 11 is 0. The molecule has 0 N–H and O–H groups in total. The second-order valence-corrected chi connectivity index (χ2v) is 13.0. The monoisotopic (exact) mass is 600 g/mol. The Morgan fingerprint density at radius 3 is 2.26 bits per heavy atom. The SMILES string of the molecule is C1=C(c2ccccc2)CC=C(c2ccc3ccc4c5c(ccc2c35)=CCCC4)C=C1c1ccc2c3c(cccc13)-c1ccccc1O2. The Labute approximate surface area is 274 Å². The van der Waals surface area contributed by atoms with Crippen LogP contribution in [0.15, 0.2) is 140 Å². The minimum absolute atomic E-state index is 0.857. The highest BCUT2D eigenvalue weighted by Gasteiger charge is 2.23. The second-order valence-electron chi connectivity index (χ2n) is 13.0. The van der Waals surface area contributed by atoms with Crippen molar-refractivity contribution in [3.63, 3.8) is 0 Å². The molecule has 0 bridgehead atoms. The summed E-state index contributed by atoms with van der Waals surface area (Å²) in [5.74, 6) is 1.84. The van der Waals surface area contributed by atoms with E-state index in [2.05, 4.69) is 140 Å². The summed E-state index contributed by atoms with van der Waals surface area (Å²) in [6.07, 6.45) is 14.1. The molecule has 2 aliphatic carbocycles. The van der Waals surface area contributed by atoms with Gasteiger partial charge in [0, 0.05) is 10.9 Å². The van der Waals surface area contributed by atoms with Gasteiger partial charge in [-0.15, -0.1) is 0 Å². The van der Waals surface area contributed by atoms with Gasteiger partial charge in [-0.3, -0.25) is 0 Å². The molecule has 7 aromatic rings. The summed E-state index contributed by atoms with van der Waals surface area (Å²) in [7, 11) is 0. The molecule has 1 heteroatoms. The van der Waals surface area contributed by atoms with E-state index in [1.165, 1.54) is 88.5 Å². The number of fused-ring (bicyclic) bond motifs is 2. The van der Waals surface area contributed by atoms with Crippen LogP contribution in [0.2, 0.25) is 0 Å². The molecule has 0 amide bonds. The van der Waals surface area contributed by atoms with Gasteiger partial charge < -0.3 is 4.74 Å². The topological polar surface area (TPSA) is 9.23 Å². The number of hydrogen-bond donors (Lipinski definition) is 0. The molecular formula is C46H32O. The maximum Gasteiger partial charge on any atom is 0.135 e. The Kier molecular flexibility index (Phi) is 5.90. The molecule has 0 atom stereocenters. The van der Waals surface area contributed by atoms with Gasteiger partial charge in [0.15, 0.2) is 0 Å². The zero-order valence-electron chi connectivity index (χ0n) is 26.1. The lowest BCUT2D eigenvalue weighted by Crippen LogP contribution is -2.04. The minimum atomic E-state index is 0.857. The number of para-hydroxylation sites is 1. The van der Waals surface area contributed by atoms with Crippen LogP contribution in [0.25, 0.3) is 66.2 Å². The molecule has 0 fully saturated rings. The van der Waals surface area contributed by atoms with Crippen molar-refractivity contribution in [1.29, 1.82) is 0 Å². The van der Waals surface area contributed by atoms with E-state index in [4.69, 9.17) is 4.74 Å². The third-order valence-electron chi connectivity index (χ3n) is 10.4. The van der Waals surface area contributed by atoms with Crippen molar-refractivity contribution >= 4 is 55.1 Å². The zero-order valence-corrected chi connectivity index (χ0v) is 26.1. The van der Waals surface area contributed by atoms with Crippen LogP contribution in [0.4, 0.5) is 0 Å². The van der Waals surface area contributed by atoms with Crippen molar-refractivity contribution in [2.24, 2.45) is 0 Å². The molecule has 0 radical (unpaired) electrons. The lowest BCUT2D eigenvalue weighted by atomic mass is 9.87. The van der Waals surface area contributed by atoms with Gasteiger partial charge in [-0.2, -0.15) is 0 Å². The average Bonchev–Trinajstić information content (AvgIpc) is 3.49. The fourth-order valence-corrected chi connectivity index (χ4v) is 8.19. The number of benzene rings is 7. The summed E-state index contributed by atoms with van der Waals surface area (Å²) in [6.45, 7) is 0. The molecule has 0 saturated carbocycles. The molecule has 1 heterocycles. The molecule has 0 saturated heterocycles. The van der Waals surface area contributed by atoms with Crippen molar-refractivity contribution in [3.8, 4) is 22.6 Å². The first kappa shape index (κ1) is 26.5. The van der Waals surface area contributed by atoms with Gasteiger partial charge in [0.25, 0.3) is 0 Å². The van der Waals surface area contributed by atoms with Crippen LogP contribution in [-0.2, 0) is 6.42 Å². The number of aryl methyl sites for hydroxylation is 1. The van der Waals surface area contributed by atoms with Crippen LogP contribution in [-0.4, -0.2) is 0 Å². The van der Waals surface area contributed by atoms with Crippen LogP contribution in [0.5, 0.6) is 11.5 Å². The quantitative estimate of drug-likeness (QED) is 0.196. The van der Waals surface area contributed by atoms with Crippen LogP contribution in [0, 0.1) is 0 Å². The summed E-state index contributed by atoms with van der Waals surface area (Å²) < 4.78 is 6.47. The van der Waals surface area contributed by atoms with E-state index < -0.39 is 0 Å². The molecule has 1 aliphatic heterocycles. The number of rotatable bonds is 3. The number of ether oxygens (including phenoxy) is 1. The van der Waals surface area contributed by atoms with Gasteiger partial charge >= 0.3 is 0 Å². The van der Waals surface area contributed by atoms with Gasteiger partial charge in [-0.25, -0.2) is 0 Å². The highest BCUT2D eigenvalue weighted by molar-refractivity contribution is 6.16. The van der Waals surface area contributed by atoms with Gasteiger partial charge in [-0.05, 0) is 121 Å². The maximum absolute atomic E-state index is 6.47. The van der Waals surface area contributed by atoms with Crippen LogP contribution in [0.3, 0.4) is 0 Å². The van der Waals surface area contributed by atoms with Gasteiger partial charge in [0.1, 0.15) is 11.5 Å². The van der Waals surface area contributed by atoms with Crippen LogP contribution < -0.4 is 9.96 Å². The molecule has 47 heavy (non-hydrogen) atoms. The average molecular weight is 601 g/mol. The van der Waals surface area contributed by atoms with E-state index in [1.54, 1.807) is 0 Å². The van der Waals surface area contributed by atoms with E-state index in [0.29, 0.717) is 0 Å². The highest BCUT2D eigenvalue weighted by Crippen LogP contribution is 2.48. The first-order chi connectivity index (χ1) is 23.3. The van der Waals surface area contributed by atoms with E-state index in [0.717, 1.165) is 36.3 Å². The first-order valence-electron chi connectivity index (χ1n) is 16.8. The second kappa shape index (κ2) is 10.4. The van der Waals surface area contributed by atoms with E-state index in [-0.39, 0.29) is 0 Å². The van der Waals surface area contributed by atoms with E-state index in [9.17, 15) is 0 Å². The normalized spacial score (nSPS) is 15.2. The summed E-state index contributed by atoms with van der Waals surface area (Å²) in [6, 6.07) is 44.4. The van der Waals surface area contributed by atoms with E-state index >= 15 is 0 Å². The third-order valence-corrected chi connectivity index (χ3v) is 10.4. The summed E-state index contributed by atoms with van der Waals surface area (Å²) in [4.78, 5) is 0. The Hall–Kier alpha value is -5.66. The molecule has 3 aliphatic rings. The van der Waals surface area contributed by atoms with Crippen LogP contribution >= 0.6 is 0 Å². The molecule has 7 aromatic carbocycles. The van der Waals surface area contributed by atoms with E-state index in [1.807, 2.05) is 6.07 Å². The molecule has 222 valence electrons. The Balaban J connectivity index is 1.22. The Bertz CT molecular complexity index is 2580. The third kappa shape index (κ3) is 4.16. The smallest absolute Gasteiger partial charge is 0.135 e. The molecule has 1 nitrogen and oxygen atoms in total. The van der Waals surface area contributed by atoms with Crippen molar-refractivity contribution in [2.75, 3.05) is 0 Å². The van der Waals surface area contributed by atoms with Gasteiger partial charge in [0.2, 0.25) is 0 Å². The highest BCUT2D eigenvalue weighted by atomic mass is 16.5. The first-order valence-corrected chi connectivity index (χ1v) is 16.8. The Morgan fingerprint density at radius 1 is 0.489 bits per heavy atom. The molecule has 0 unspecified atom stereocenters. The van der Waals surface area contributed by atoms with Crippen molar-refractivity contribution in [2.45, 2.75) is 25.7 Å². The predicted molar refractivity (Wildman–Crippen MR) is 199 cm³/mol. The number of allylic oxidation sites excluding steroid dienone is 6. The van der Waals surface area contributed by atoms with Gasteiger partial charge in [0.05, 0.1) is 0 Å². The summed E-state index contributed by atoms with van der Waals surface area (Å²) in [5, 5.41) is 9.30. The minimum Gasteiger partial charge on any atom is -0.456 e. The Morgan fingerprint density at radius 2 is 1.30 bits per heavy atom. The molecule has 0 aromatic heterocycles. The van der Waals surface area contributed by atoms with Crippen molar-refractivity contribution < 1.29 is 4.74 Å². The molecule has 10 rings (SSSR count). The fraction of sp³-hybridized carbons (Fsp3) is 0.0870. The summed E-state index contributed by atoms with van der Waals surface area (Å²) in [5.41, 5.74) is 11.4. The predicted octanol–water partition coefficient (Wildman–Crippen LogP) is 11.7. The van der Waals surface area contributed by atoms with Crippen LogP contribution in [0.1, 0.15) is 41.5 Å². The maximum atomic E-state index is 6.47. The van der Waals surface area contributed by atoms with Crippen molar-refractivity contribution in [1.82, 2.24) is 0 Å². The standard InChI is InChI=1S/C46H32O/c1-2-9-29(10-3-1)33-19-20-34(36-23-21-32-18-17-30-11-4-5-12-31-22-24-41(36)45(32)44(30)31)28-35(27-33)37-25-26-43-46-39(37)14-8-15-40(46)38-13-6-7-16-42(38)47-43/h1-3,6-10,12-18,20-28H,4-5,11,19H2. The lowest BCUT2D eigenvalue weighted by molar-refractivity contribution is 0.487. The zero-order chi connectivity index (χ0) is 30.9. The molecule has 0 spiro atoms. The van der Waals surface area contributed by atoms with Crippen molar-refractivity contribution in [3.05, 3.63) is 167 Å². The molecular weight excluding hydrogens is 569 g/mol. The lowest BCUT2D eigenvalue weighted by Gasteiger charge is -2.22. The number of hydrogen-bond acceptors (Lipinski definition) is 1.